The maximum absolute atomic E-state index is 12.1. The molecule has 1 atom stereocenters. The van der Waals surface area contributed by atoms with Crippen molar-refractivity contribution < 1.29 is 9.53 Å². The lowest BCUT2D eigenvalue weighted by atomic mass is 10.1. The van der Waals surface area contributed by atoms with Crippen molar-refractivity contribution in [2.45, 2.75) is 12.5 Å². The summed E-state index contributed by atoms with van der Waals surface area (Å²) in [6.07, 6.45) is 4.43. The van der Waals surface area contributed by atoms with Gasteiger partial charge < -0.3 is 10.1 Å². The number of methoxy groups -OCH3 is 1. The molecule has 0 aliphatic carbocycles. The summed E-state index contributed by atoms with van der Waals surface area (Å²) in [7, 11) is 1.38. The first-order chi connectivity index (χ1) is 12.7. The minimum atomic E-state index is -0.586. The number of carbonyl (C=O) groups excluding carboxylic acids is 1. The molecule has 0 amide bonds. The number of rotatable bonds is 7. The Morgan fingerprint density at radius 2 is 1.96 bits per heavy atom. The van der Waals surface area contributed by atoms with Crippen LogP contribution in [0.5, 0.6) is 0 Å². The highest BCUT2D eigenvalue weighted by atomic mass is 35.5. The fourth-order valence-corrected chi connectivity index (χ4v) is 2.99. The molecule has 26 heavy (non-hydrogen) atoms. The molecular weight excluding hydrogens is 350 g/mol. The fraction of sp³-hybridized carbons (Fsp3) is 0.200. The van der Waals surface area contributed by atoms with Crippen LogP contribution in [0.25, 0.3) is 5.69 Å². The molecule has 3 aromatic rings. The molecule has 0 saturated carbocycles. The summed E-state index contributed by atoms with van der Waals surface area (Å²) in [5.41, 5.74) is 2.89. The van der Waals surface area contributed by atoms with Crippen LogP contribution in [0.4, 0.5) is 0 Å². The zero-order valence-corrected chi connectivity index (χ0v) is 15.2. The Hall–Kier alpha value is -2.63. The molecule has 0 aliphatic heterocycles. The zero-order chi connectivity index (χ0) is 18.4. The van der Waals surface area contributed by atoms with Crippen LogP contribution in [0.1, 0.15) is 17.2 Å². The van der Waals surface area contributed by atoms with E-state index < -0.39 is 6.04 Å². The minimum Gasteiger partial charge on any atom is -0.468 e. The Bertz CT molecular complexity index is 848. The summed E-state index contributed by atoms with van der Waals surface area (Å²) < 4.78 is 6.72. The van der Waals surface area contributed by atoms with Crippen LogP contribution in [0.3, 0.4) is 0 Å². The van der Waals surface area contributed by atoms with Gasteiger partial charge in [-0.1, -0.05) is 41.9 Å². The molecule has 6 heteroatoms. The van der Waals surface area contributed by atoms with Crippen LogP contribution in [0.15, 0.2) is 67.0 Å². The van der Waals surface area contributed by atoms with Gasteiger partial charge in [-0.3, -0.25) is 0 Å². The summed E-state index contributed by atoms with van der Waals surface area (Å²) in [5, 5.41) is 7.99. The molecule has 0 radical (unpaired) electrons. The van der Waals surface area contributed by atoms with Crippen molar-refractivity contribution in [2.24, 2.45) is 0 Å². The third-order valence-corrected chi connectivity index (χ3v) is 4.46. The smallest absolute Gasteiger partial charge is 0.327 e. The lowest BCUT2D eigenvalue weighted by Gasteiger charge is -2.18. The van der Waals surface area contributed by atoms with Crippen molar-refractivity contribution >= 4 is 17.6 Å². The van der Waals surface area contributed by atoms with E-state index in [2.05, 4.69) is 22.5 Å². The maximum atomic E-state index is 12.1. The highest BCUT2D eigenvalue weighted by Gasteiger charge is 2.22. The van der Waals surface area contributed by atoms with E-state index in [4.69, 9.17) is 16.3 Å². The molecule has 1 unspecified atom stereocenters. The van der Waals surface area contributed by atoms with E-state index in [0.29, 0.717) is 11.6 Å². The number of hydrogen-bond donors (Lipinski definition) is 1. The van der Waals surface area contributed by atoms with Gasteiger partial charge in [0.25, 0.3) is 0 Å². The maximum Gasteiger partial charge on any atom is 0.327 e. The molecule has 1 N–H and O–H groups in total. The van der Waals surface area contributed by atoms with E-state index in [0.717, 1.165) is 23.2 Å². The molecule has 0 saturated heterocycles. The lowest BCUT2D eigenvalue weighted by Crippen LogP contribution is -2.31. The molecule has 0 spiro atoms. The van der Waals surface area contributed by atoms with E-state index in [1.165, 1.54) is 7.11 Å². The highest BCUT2D eigenvalue weighted by Crippen LogP contribution is 2.23. The predicted octanol–water partition coefficient (Wildman–Crippen LogP) is 3.57. The molecule has 3 rings (SSSR count). The van der Waals surface area contributed by atoms with E-state index >= 15 is 0 Å². The Labute approximate surface area is 157 Å². The van der Waals surface area contributed by atoms with Gasteiger partial charge in [0.1, 0.15) is 6.04 Å². The molecule has 134 valence electrons. The van der Waals surface area contributed by atoms with Gasteiger partial charge in [0, 0.05) is 24.0 Å². The first-order valence-corrected chi connectivity index (χ1v) is 8.71. The summed E-state index contributed by atoms with van der Waals surface area (Å²) in [5.74, 6) is -0.355. The second-order valence-electron chi connectivity index (χ2n) is 5.80. The van der Waals surface area contributed by atoms with Gasteiger partial charge in [-0.05, 0) is 41.8 Å². The normalized spacial score (nSPS) is 11.9. The van der Waals surface area contributed by atoms with E-state index in [-0.39, 0.29) is 5.97 Å². The van der Waals surface area contributed by atoms with Crippen LogP contribution < -0.4 is 5.32 Å². The van der Waals surface area contributed by atoms with Crippen LogP contribution in [0, 0.1) is 0 Å². The summed E-state index contributed by atoms with van der Waals surface area (Å²) in [4.78, 5) is 12.1. The second kappa shape index (κ2) is 8.65. The molecule has 0 fully saturated rings. The van der Waals surface area contributed by atoms with Crippen molar-refractivity contribution in [3.05, 3.63) is 83.1 Å². The van der Waals surface area contributed by atoms with Gasteiger partial charge in [-0.2, -0.15) is 5.10 Å². The third kappa shape index (κ3) is 4.31. The van der Waals surface area contributed by atoms with Gasteiger partial charge in [-0.25, -0.2) is 9.48 Å². The Balaban J connectivity index is 1.63. The van der Waals surface area contributed by atoms with Crippen molar-refractivity contribution in [1.82, 2.24) is 15.1 Å². The lowest BCUT2D eigenvalue weighted by molar-refractivity contribution is -0.143. The van der Waals surface area contributed by atoms with E-state index in [9.17, 15) is 4.79 Å². The number of halogens is 1. The van der Waals surface area contributed by atoms with Crippen LogP contribution in [-0.4, -0.2) is 29.4 Å². The molecule has 0 aliphatic rings. The van der Waals surface area contributed by atoms with Gasteiger partial charge >= 0.3 is 5.97 Å². The first kappa shape index (κ1) is 18.2. The van der Waals surface area contributed by atoms with Crippen molar-refractivity contribution in [1.29, 1.82) is 0 Å². The Kier molecular flexibility index (Phi) is 6.04. The van der Waals surface area contributed by atoms with Gasteiger partial charge in [0.15, 0.2) is 0 Å². The molecule has 1 heterocycles. The topological polar surface area (TPSA) is 56.1 Å². The average Bonchev–Trinajstić information content (AvgIpc) is 3.21. The molecule has 5 nitrogen and oxygen atoms in total. The number of benzene rings is 2. The molecule has 0 bridgehead atoms. The standard InChI is InChI=1S/C20H20ClN3O2/c1-26-20(25)19(17-5-2-3-6-18(17)21)22-13-11-15-7-9-16(10-8-15)24-14-4-12-23-24/h2-10,12,14,19,22H,11,13H2,1H3. The molecular formula is C20H20ClN3O2. The number of nitrogens with one attached hydrogen (secondary N) is 1. The number of nitrogens with zero attached hydrogens (tertiary/aromatic N) is 2. The number of aromatic nitrogens is 2. The van der Waals surface area contributed by atoms with Gasteiger partial charge in [0.05, 0.1) is 12.8 Å². The van der Waals surface area contributed by atoms with E-state index in [1.54, 1.807) is 12.3 Å². The second-order valence-corrected chi connectivity index (χ2v) is 6.21. The van der Waals surface area contributed by atoms with Crippen molar-refractivity contribution in [3.63, 3.8) is 0 Å². The van der Waals surface area contributed by atoms with Crippen LogP contribution >= 0.6 is 11.6 Å². The van der Waals surface area contributed by atoms with Crippen molar-refractivity contribution in [3.8, 4) is 5.69 Å². The average molecular weight is 370 g/mol. The monoisotopic (exact) mass is 369 g/mol. The minimum absolute atomic E-state index is 0.355. The Morgan fingerprint density at radius 1 is 1.19 bits per heavy atom. The SMILES string of the molecule is COC(=O)C(NCCc1ccc(-n2cccn2)cc1)c1ccccc1Cl. The molecule has 1 aromatic heterocycles. The summed E-state index contributed by atoms with van der Waals surface area (Å²) in [6.45, 7) is 0.617. The third-order valence-electron chi connectivity index (χ3n) is 4.12. The number of hydrogen-bond acceptors (Lipinski definition) is 4. The van der Waals surface area contributed by atoms with Crippen LogP contribution in [0.2, 0.25) is 5.02 Å². The first-order valence-electron chi connectivity index (χ1n) is 8.33. The fourth-order valence-electron chi connectivity index (χ4n) is 2.75. The Morgan fingerprint density at radius 3 is 2.62 bits per heavy atom. The number of esters is 1. The largest absolute Gasteiger partial charge is 0.468 e. The predicted molar refractivity (Wildman–Crippen MR) is 101 cm³/mol. The molecule has 2 aromatic carbocycles. The highest BCUT2D eigenvalue weighted by molar-refractivity contribution is 6.31. The zero-order valence-electron chi connectivity index (χ0n) is 14.4. The van der Waals surface area contributed by atoms with Crippen LogP contribution in [-0.2, 0) is 16.0 Å². The quantitative estimate of drug-likeness (QED) is 0.647. The van der Waals surface area contributed by atoms with Gasteiger partial charge in [-0.15, -0.1) is 0 Å². The van der Waals surface area contributed by atoms with Gasteiger partial charge in [0.2, 0.25) is 0 Å². The number of carbonyl (C=O) groups is 1. The summed E-state index contributed by atoms with van der Waals surface area (Å²) >= 11 is 6.23. The number of ether oxygens (including phenoxy) is 1. The summed E-state index contributed by atoms with van der Waals surface area (Å²) in [6, 6.07) is 16.7. The van der Waals surface area contributed by atoms with Crippen molar-refractivity contribution in [2.75, 3.05) is 13.7 Å². The van der Waals surface area contributed by atoms with E-state index in [1.807, 2.05) is 47.3 Å².